The summed E-state index contributed by atoms with van der Waals surface area (Å²) in [5, 5.41) is 7.28. The average molecular weight is 204 g/mol. The van der Waals surface area contributed by atoms with Gasteiger partial charge in [-0.3, -0.25) is 10.9 Å². The number of hydrazone groups is 2. The van der Waals surface area contributed by atoms with Gasteiger partial charge in [-0.2, -0.15) is 10.2 Å². The molecule has 66 valence electrons. The summed E-state index contributed by atoms with van der Waals surface area (Å²) in [6.07, 6.45) is 2.68. The van der Waals surface area contributed by atoms with Gasteiger partial charge >= 0.3 is 0 Å². The highest BCUT2D eigenvalue weighted by Crippen LogP contribution is 1.59. The van der Waals surface area contributed by atoms with Gasteiger partial charge in [0, 0.05) is 0 Å². The molecule has 0 aromatic rings. The lowest BCUT2D eigenvalue weighted by atomic mass is 10.8. The second-order valence-electron chi connectivity index (χ2n) is 1.51. The van der Waals surface area contributed by atoms with Gasteiger partial charge in [0.25, 0.3) is 0 Å². The second-order valence-corrected chi connectivity index (χ2v) is 2.39. The molecule has 0 aliphatic rings. The van der Waals surface area contributed by atoms with Crippen LogP contribution in [0.4, 0.5) is 0 Å². The molecule has 0 aromatic heterocycles. The van der Waals surface area contributed by atoms with Gasteiger partial charge in [-0.25, -0.2) is 0 Å². The Morgan fingerprint density at radius 1 is 1.00 bits per heavy atom. The van der Waals surface area contributed by atoms with Gasteiger partial charge in [0.2, 0.25) is 0 Å². The summed E-state index contributed by atoms with van der Waals surface area (Å²) in [6, 6.07) is 0. The molecule has 0 atom stereocenters. The standard InChI is InChI=1S/C4H8N6S2/c5-3(11)9-7-1-2-8-10-4(6)12/h1-2H,(H3,5,9,11)(H3,6,10,12). The molecule has 0 bridgehead atoms. The van der Waals surface area contributed by atoms with Crippen molar-refractivity contribution < 1.29 is 0 Å². The van der Waals surface area contributed by atoms with Crippen LogP contribution in [0.2, 0.25) is 0 Å². The molecular formula is C4H8N6S2. The van der Waals surface area contributed by atoms with E-state index in [1.807, 2.05) is 0 Å². The van der Waals surface area contributed by atoms with Crippen LogP contribution in [0.15, 0.2) is 10.2 Å². The summed E-state index contributed by atoms with van der Waals surface area (Å²) in [5.74, 6) is 0. The molecule has 8 heteroatoms. The van der Waals surface area contributed by atoms with Crippen LogP contribution in [0.1, 0.15) is 0 Å². The Balaban J connectivity index is 3.52. The number of nitrogens with zero attached hydrogens (tertiary/aromatic N) is 2. The number of hydrogen-bond acceptors (Lipinski definition) is 4. The van der Waals surface area contributed by atoms with Crippen molar-refractivity contribution >= 4 is 47.1 Å². The molecular weight excluding hydrogens is 196 g/mol. The lowest BCUT2D eigenvalue weighted by molar-refractivity contribution is 1.03. The van der Waals surface area contributed by atoms with Crippen molar-refractivity contribution in [2.24, 2.45) is 21.7 Å². The minimum Gasteiger partial charge on any atom is -0.375 e. The number of nitrogens with one attached hydrogen (secondary N) is 2. The molecule has 6 N–H and O–H groups in total. The maximum atomic E-state index is 5.06. The Hall–Kier alpha value is -1.28. The molecule has 12 heavy (non-hydrogen) atoms. The third kappa shape index (κ3) is 8.72. The van der Waals surface area contributed by atoms with Gasteiger partial charge in [-0.05, 0) is 24.4 Å². The summed E-state index contributed by atoms with van der Waals surface area (Å²) in [5.41, 5.74) is 14.8. The van der Waals surface area contributed by atoms with Crippen LogP contribution in [0, 0.1) is 0 Å². The fraction of sp³-hybridized carbons (Fsp3) is 0. The predicted octanol–water partition coefficient (Wildman–Crippen LogP) is -1.38. The van der Waals surface area contributed by atoms with Crippen molar-refractivity contribution in [2.75, 3.05) is 0 Å². The van der Waals surface area contributed by atoms with E-state index in [2.05, 4.69) is 45.5 Å². The minimum absolute atomic E-state index is 0.0851. The van der Waals surface area contributed by atoms with Crippen LogP contribution < -0.4 is 22.3 Å². The Labute approximate surface area is 80.1 Å². The van der Waals surface area contributed by atoms with E-state index in [4.69, 9.17) is 11.5 Å². The van der Waals surface area contributed by atoms with Gasteiger partial charge in [0.05, 0.1) is 12.4 Å². The van der Waals surface area contributed by atoms with E-state index in [1.165, 1.54) is 12.4 Å². The molecule has 0 aromatic carbocycles. The maximum Gasteiger partial charge on any atom is 0.184 e. The smallest absolute Gasteiger partial charge is 0.184 e. The van der Waals surface area contributed by atoms with E-state index in [1.54, 1.807) is 0 Å². The first-order valence-electron chi connectivity index (χ1n) is 2.78. The van der Waals surface area contributed by atoms with Crippen molar-refractivity contribution in [1.82, 2.24) is 10.9 Å². The molecule has 0 aliphatic heterocycles. The van der Waals surface area contributed by atoms with Crippen molar-refractivity contribution in [3.63, 3.8) is 0 Å². The Morgan fingerprint density at radius 3 is 1.58 bits per heavy atom. The largest absolute Gasteiger partial charge is 0.375 e. The van der Waals surface area contributed by atoms with E-state index in [-0.39, 0.29) is 10.2 Å². The van der Waals surface area contributed by atoms with Crippen molar-refractivity contribution in [3.8, 4) is 0 Å². The van der Waals surface area contributed by atoms with Gasteiger partial charge in [0.15, 0.2) is 10.2 Å². The molecule has 0 amide bonds. The molecule has 0 unspecified atom stereocenters. The lowest BCUT2D eigenvalue weighted by Gasteiger charge is -1.91. The third-order valence-electron chi connectivity index (χ3n) is 0.565. The molecule has 0 fully saturated rings. The molecule has 0 radical (unpaired) electrons. The molecule has 0 rings (SSSR count). The number of thiocarbonyl (C=S) groups is 2. The first-order chi connectivity index (χ1) is 5.63. The molecule has 0 aliphatic carbocycles. The zero-order chi connectivity index (χ0) is 9.40. The minimum atomic E-state index is 0.0851. The highest BCUT2D eigenvalue weighted by Gasteiger charge is 1.77. The van der Waals surface area contributed by atoms with E-state index in [9.17, 15) is 0 Å². The summed E-state index contributed by atoms with van der Waals surface area (Å²) in [6.45, 7) is 0. The Bertz CT molecular complexity index is 198. The molecule has 0 spiro atoms. The SMILES string of the molecule is NC(=S)NN=CC=NNC(N)=S. The van der Waals surface area contributed by atoms with Gasteiger partial charge in [-0.15, -0.1) is 0 Å². The van der Waals surface area contributed by atoms with Gasteiger partial charge in [-0.1, -0.05) is 0 Å². The van der Waals surface area contributed by atoms with Crippen molar-refractivity contribution in [2.45, 2.75) is 0 Å². The lowest BCUT2D eigenvalue weighted by Crippen LogP contribution is -2.25. The van der Waals surface area contributed by atoms with Crippen LogP contribution >= 0.6 is 24.4 Å². The molecule has 0 saturated carbocycles. The zero-order valence-electron chi connectivity index (χ0n) is 6.02. The van der Waals surface area contributed by atoms with Crippen molar-refractivity contribution in [3.05, 3.63) is 0 Å². The normalized spacial score (nSPS) is 10.3. The molecule has 0 heterocycles. The highest BCUT2D eigenvalue weighted by molar-refractivity contribution is 7.80. The molecule has 6 nitrogen and oxygen atoms in total. The number of nitrogens with two attached hydrogens (primary N) is 2. The van der Waals surface area contributed by atoms with Gasteiger partial charge in [0.1, 0.15) is 0 Å². The van der Waals surface area contributed by atoms with Crippen LogP contribution in [0.5, 0.6) is 0 Å². The Morgan fingerprint density at radius 2 is 1.33 bits per heavy atom. The fourth-order valence-corrected chi connectivity index (χ4v) is 0.374. The topological polar surface area (TPSA) is 101 Å². The highest BCUT2D eigenvalue weighted by atomic mass is 32.1. The predicted molar refractivity (Wildman–Crippen MR) is 56.8 cm³/mol. The quantitative estimate of drug-likeness (QED) is 0.257. The summed E-state index contributed by atoms with van der Waals surface area (Å²) >= 11 is 8.93. The first kappa shape index (κ1) is 10.7. The summed E-state index contributed by atoms with van der Waals surface area (Å²) < 4.78 is 0. The first-order valence-corrected chi connectivity index (χ1v) is 3.60. The average Bonchev–Trinajstić information content (AvgIpc) is 1.95. The van der Waals surface area contributed by atoms with Crippen LogP contribution in [0.25, 0.3) is 0 Å². The van der Waals surface area contributed by atoms with E-state index in [0.29, 0.717) is 0 Å². The van der Waals surface area contributed by atoms with E-state index < -0.39 is 0 Å². The maximum absolute atomic E-state index is 5.06. The van der Waals surface area contributed by atoms with E-state index >= 15 is 0 Å². The van der Waals surface area contributed by atoms with Crippen LogP contribution in [0.3, 0.4) is 0 Å². The monoisotopic (exact) mass is 204 g/mol. The van der Waals surface area contributed by atoms with E-state index in [0.717, 1.165) is 0 Å². The van der Waals surface area contributed by atoms with Crippen LogP contribution in [-0.4, -0.2) is 22.7 Å². The third-order valence-corrected chi connectivity index (χ3v) is 0.748. The molecule has 0 saturated heterocycles. The summed E-state index contributed by atoms with van der Waals surface area (Å²) in [7, 11) is 0. The Kier molecular flexibility index (Phi) is 5.75. The number of hydrogen-bond donors (Lipinski definition) is 4. The number of rotatable bonds is 3. The second kappa shape index (κ2) is 6.43. The van der Waals surface area contributed by atoms with Crippen molar-refractivity contribution in [1.29, 1.82) is 0 Å². The van der Waals surface area contributed by atoms with Gasteiger partial charge < -0.3 is 11.5 Å². The summed E-state index contributed by atoms with van der Waals surface area (Å²) in [4.78, 5) is 0. The van der Waals surface area contributed by atoms with Crippen LogP contribution in [-0.2, 0) is 0 Å². The zero-order valence-corrected chi connectivity index (χ0v) is 7.65. The fourth-order valence-electron chi connectivity index (χ4n) is 0.268.